The molecule has 0 aromatic carbocycles. The highest BCUT2D eigenvalue weighted by atomic mass is 79.9. The summed E-state index contributed by atoms with van der Waals surface area (Å²) in [4.78, 5) is 0. The minimum Gasteiger partial charge on any atom is -0.326 e. The Morgan fingerprint density at radius 1 is 1.53 bits per heavy atom. The van der Waals surface area contributed by atoms with Crippen LogP contribution in [0.4, 0.5) is 0 Å². The van der Waals surface area contributed by atoms with Crippen molar-refractivity contribution in [2.24, 2.45) is 11.7 Å². The Morgan fingerprint density at radius 3 is 2.59 bits per heavy atom. The lowest BCUT2D eigenvalue weighted by Crippen LogP contribution is -2.32. The van der Waals surface area contributed by atoms with Crippen LogP contribution in [0.3, 0.4) is 0 Å². The topological polar surface area (TPSA) is 63.4 Å². The standard InChI is InChI=1S/C9H13BrN2O2S2.ClH/c1-6-4-12(5-8(6)11)16(13,14)9-7(10)2-3-15-9;/h2-3,6,8H,4-5,11H2,1H3;1H. The van der Waals surface area contributed by atoms with Crippen molar-refractivity contribution >= 4 is 49.7 Å². The molecule has 1 fully saturated rings. The molecule has 2 atom stereocenters. The highest BCUT2D eigenvalue weighted by molar-refractivity contribution is 9.10. The van der Waals surface area contributed by atoms with Gasteiger partial charge in [-0.3, -0.25) is 0 Å². The zero-order valence-electron chi connectivity index (χ0n) is 9.17. The van der Waals surface area contributed by atoms with Crippen LogP contribution >= 0.6 is 39.7 Å². The van der Waals surface area contributed by atoms with Gasteiger partial charge in [0.25, 0.3) is 10.0 Å². The summed E-state index contributed by atoms with van der Waals surface area (Å²) in [7, 11) is -3.37. The third-order valence-electron chi connectivity index (χ3n) is 2.80. The second-order valence-electron chi connectivity index (χ2n) is 4.02. The molecule has 1 aromatic heterocycles. The zero-order chi connectivity index (χ0) is 11.9. The molecule has 0 saturated carbocycles. The van der Waals surface area contributed by atoms with E-state index >= 15 is 0 Å². The Hall–Kier alpha value is 0.340. The quantitative estimate of drug-likeness (QED) is 0.875. The van der Waals surface area contributed by atoms with Crippen LogP contribution in [-0.4, -0.2) is 31.9 Å². The first-order valence-corrected chi connectivity index (χ1v) is 8.03. The maximum atomic E-state index is 12.3. The largest absolute Gasteiger partial charge is 0.326 e. The fourth-order valence-electron chi connectivity index (χ4n) is 1.72. The summed E-state index contributed by atoms with van der Waals surface area (Å²) in [5.74, 6) is 0.216. The minimum atomic E-state index is -3.37. The van der Waals surface area contributed by atoms with Crippen molar-refractivity contribution < 1.29 is 8.42 Å². The molecule has 1 aromatic rings. The molecule has 0 aliphatic carbocycles. The van der Waals surface area contributed by atoms with Gasteiger partial charge in [0.1, 0.15) is 4.21 Å². The van der Waals surface area contributed by atoms with Crippen LogP contribution in [0.25, 0.3) is 0 Å². The fourth-order valence-corrected chi connectivity index (χ4v) is 5.75. The minimum absolute atomic E-state index is 0. The highest BCUT2D eigenvalue weighted by Gasteiger charge is 2.36. The molecule has 17 heavy (non-hydrogen) atoms. The Bertz CT molecular complexity index is 481. The lowest BCUT2D eigenvalue weighted by molar-refractivity contribution is 0.465. The van der Waals surface area contributed by atoms with Crippen LogP contribution in [0.15, 0.2) is 20.1 Å². The number of hydrogen-bond donors (Lipinski definition) is 1. The average molecular weight is 362 g/mol. The molecule has 0 radical (unpaired) electrons. The van der Waals surface area contributed by atoms with Gasteiger partial charge in [-0.05, 0) is 33.3 Å². The van der Waals surface area contributed by atoms with Crippen LogP contribution in [0.2, 0.25) is 0 Å². The Balaban J connectivity index is 0.00000144. The molecule has 2 unspecified atom stereocenters. The number of nitrogens with two attached hydrogens (primary N) is 1. The summed E-state index contributed by atoms with van der Waals surface area (Å²) < 4.78 is 27.0. The van der Waals surface area contributed by atoms with E-state index < -0.39 is 10.0 Å². The second kappa shape index (κ2) is 5.54. The monoisotopic (exact) mass is 360 g/mol. The van der Waals surface area contributed by atoms with Gasteiger partial charge < -0.3 is 5.73 Å². The first-order valence-electron chi connectivity index (χ1n) is 4.91. The number of rotatable bonds is 2. The second-order valence-corrected chi connectivity index (χ2v) is 7.92. The first kappa shape index (κ1) is 15.4. The van der Waals surface area contributed by atoms with Crippen molar-refractivity contribution in [3.8, 4) is 0 Å². The molecule has 1 aliphatic heterocycles. The van der Waals surface area contributed by atoms with Gasteiger partial charge in [-0.1, -0.05) is 6.92 Å². The van der Waals surface area contributed by atoms with Crippen molar-refractivity contribution in [1.82, 2.24) is 4.31 Å². The van der Waals surface area contributed by atoms with Crippen LogP contribution in [0.5, 0.6) is 0 Å². The first-order chi connectivity index (χ1) is 7.43. The maximum Gasteiger partial charge on any atom is 0.253 e. The van der Waals surface area contributed by atoms with E-state index in [1.54, 1.807) is 11.4 Å². The number of hydrogen-bond acceptors (Lipinski definition) is 4. The summed E-state index contributed by atoms with van der Waals surface area (Å²) in [5.41, 5.74) is 5.84. The third-order valence-corrected chi connectivity index (χ3v) is 7.27. The molecule has 1 aliphatic rings. The molecule has 2 heterocycles. The SMILES string of the molecule is CC1CN(S(=O)(=O)c2sccc2Br)CC1N.Cl. The molecule has 8 heteroatoms. The molecular weight excluding hydrogens is 348 g/mol. The predicted octanol–water partition coefficient (Wildman–Crippen LogP) is 1.90. The van der Waals surface area contributed by atoms with E-state index in [1.807, 2.05) is 6.92 Å². The zero-order valence-corrected chi connectivity index (χ0v) is 13.2. The molecule has 0 amide bonds. The normalized spacial score (nSPS) is 25.8. The van der Waals surface area contributed by atoms with E-state index in [0.717, 1.165) is 0 Å². The summed E-state index contributed by atoms with van der Waals surface area (Å²) in [6.07, 6.45) is 0. The maximum absolute atomic E-state index is 12.3. The molecule has 0 bridgehead atoms. The summed E-state index contributed by atoms with van der Waals surface area (Å²) in [6, 6.07) is 1.69. The van der Waals surface area contributed by atoms with E-state index in [9.17, 15) is 8.42 Å². The van der Waals surface area contributed by atoms with Crippen molar-refractivity contribution in [2.45, 2.75) is 17.2 Å². The third kappa shape index (κ3) is 2.85. The van der Waals surface area contributed by atoms with Gasteiger partial charge in [-0.25, -0.2) is 8.42 Å². The summed E-state index contributed by atoms with van der Waals surface area (Å²) >= 11 is 4.48. The van der Waals surface area contributed by atoms with Gasteiger partial charge >= 0.3 is 0 Å². The number of thiophene rings is 1. The van der Waals surface area contributed by atoms with E-state index in [2.05, 4.69) is 15.9 Å². The lowest BCUT2D eigenvalue weighted by Gasteiger charge is -2.14. The van der Waals surface area contributed by atoms with Crippen LogP contribution in [0.1, 0.15) is 6.92 Å². The Labute approximate surface area is 120 Å². The van der Waals surface area contributed by atoms with E-state index in [-0.39, 0.29) is 24.4 Å². The van der Waals surface area contributed by atoms with E-state index in [0.29, 0.717) is 21.8 Å². The number of nitrogens with zero attached hydrogens (tertiary/aromatic N) is 1. The van der Waals surface area contributed by atoms with E-state index in [4.69, 9.17) is 5.73 Å². The van der Waals surface area contributed by atoms with Gasteiger partial charge in [0.15, 0.2) is 0 Å². The molecule has 2 rings (SSSR count). The molecule has 0 spiro atoms. The van der Waals surface area contributed by atoms with Crippen LogP contribution < -0.4 is 5.73 Å². The highest BCUT2D eigenvalue weighted by Crippen LogP contribution is 2.32. The fraction of sp³-hybridized carbons (Fsp3) is 0.556. The smallest absolute Gasteiger partial charge is 0.253 e. The Kier molecular flexibility index (Phi) is 5.02. The molecule has 98 valence electrons. The molecular formula is C9H14BrClN2O2S2. The lowest BCUT2D eigenvalue weighted by atomic mass is 10.1. The average Bonchev–Trinajstić information content (AvgIpc) is 2.75. The van der Waals surface area contributed by atoms with Crippen molar-refractivity contribution in [3.05, 3.63) is 15.9 Å². The van der Waals surface area contributed by atoms with Crippen molar-refractivity contribution in [1.29, 1.82) is 0 Å². The molecule has 2 N–H and O–H groups in total. The predicted molar refractivity (Wildman–Crippen MR) is 75.2 cm³/mol. The van der Waals surface area contributed by atoms with Crippen molar-refractivity contribution in [2.75, 3.05) is 13.1 Å². The molecule has 1 saturated heterocycles. The van der Waals surface area contributed by atoms with Crippen LogP contribution in [-0.2, 0) is 10.0 Å². The van der Waals surface area contributed by atoms with Gasteiger partial charge in [0, 0.05) is 23.6 Å². The van der Waals surface area contributed by atoms with Gasteiger partial charge in [-0.2, -0.15) is 4.31 Å². The van der Waals surface area contributed by atoms with Gasteiger partial charge in [0.05, 0.1) is 0 Å². The van der Waals surface area contributed by atoms with Gasteiger partial charge in [0.2, 0.25) is 0 Å². The summed E-state index contributed by atoms with van der Waals surface area (Å²) in [6.45, 7) is 2.89. The van der Waals surface area contributed by atoms with Gasteiger partial charge in [-0.15, -0.1) is 23.7 Å². The van der Waals surface area contributed by atoms with Crippen molar-refractivity contribution in [3.63, 3.8) is 0 Å². The summed E-state index contributed by atoms with van der Waals surface area (Å²) in [5, 5.41) is 1.76. The number of sulfonamides is 1. The molecule has 4 nitrogen and oxygen atoms in total. The number of halogens is 2. The Morgan fingerprint density at radius 2 is 2.18 bits per heavy atom. The van der Waals surface area contributed by atoms with Crippen LogP contribution in [0, 0.1) is 5.92 Å². The van der Waals surface area contributed by atoms with E-state index in [1.165, 1.54) is 15.6 Å².